The molecule has 32 heavy (non-hydrogen) atoms. The molecule has 0 unspecified atom stereocenters. The van der Waals surface area contributed by atoms with Crippen molar-refractivity contribution in [1.82, 2.24) is 4.90 Å². The average Bonchev–Trinajstić information content (AvgIpc) is 3.28. The highest BCUT2D eigenvalue weighted by atomic mass is 32.1. The van der Waals surface area contributed by atoms with Gasteiger partial charge in [-0.25, -0.2) is 4.79 Å². The van der Waals surface area contributed by atoms with Crippen LogP contribution in [0.15, 0.2) is 24.3 Å². The number of nitrogens with zero attached hydrogens (tertiary/aromatic N) is 3. The zero-order valence-corrected chi connectivity index (χ0v) is 19.2. The maximum atomic E-state index is 12.8. The Morgan fingerprint density at radius 1 is 1.12 bits per heavy atom. The van der Waals surface area contributed by atoms with E-state index < -0.39 is 0 Å². The number of thiophene rings is 1. The monoisotopic (exact) mass is 452 g/mol. The Bertz CT molecular complexity index is 1030. The minimum Gasteiger partial charge on any atom is -0.462 e. The topological polar surface area (TPSA) is 85.7 Å². The third-order valence-electron chi connectivity index (χ3n) is 5.97. The van der Waals surface area contributed by atoms with Gasteiger partial charge in [-0.05, 0) is 62.4 Å². The zero-order valence-electron chi connectivity index (χ0n) is 18.4. The van der Waals surface area contributed by atoms with Crippen LogP contribution in [-0.4, -0.2) is 56.1 Å². The molecule has 2 aliphatic rings. The normalized spacial score (nSPS) is 16.2. The minimum atomic E-state index is -0.338. The van der Waals surface area contributed by atoms with Crippen molar-refractivity contribution >= 4 is 33.9 Å². The van der Waals surface area contributed by atoms with E-state index in [1.54, 1.807) is 6.92 Å². The summed E-state index contributed by atoms with van der Waals surface area (Å²) in [7, 11) is 0. The van der Waals surface area contributed by atoms with Crippen molar-refractivity contribution in [3.63, 3.8) is 0 Å². The summed E-state index contributed by atoms with van der Waals surface area (Å²) in [6.07, 6.45) is 3.83. The maximum absolute atomic E-state index is 12.8. The Morgan fingerprint density at radius 3 is 2.69 bits per heavy atom. The number of anilines is 2. The van der Waals surface area contributed by atoms with E-state index in [1.165, 1.54) is 16.2 Å². The molecule has 1 fully saturated rings. The van der Waals surface area contributed by atoms with Gasteiger partial charge in [0.2, 0.25) is 5.91 Å². The molecule has 2 aromatic rings. The molecule has 0 bridgehead atoms. The quantitative estimate of drug-likeness (QED) is 0.676. The van der Waals surface area contributed by atoms with Gasteiger partial charge in [-0.3, -0.25) is 9.69 Å². The molecule has 0 saturated carbocycles. The second-order valence-electron chi connectivity index (χ2n) is 8.11. The van der Waals surface area contributed by atoms with E-state index in [4.69, 9.17) is 10.00 Å². The van der Waals surface area contributed by atoms with E-state index >= 15 is 0 Å². The van der Waals surface area contributed by atoms with Gasteiger partial charge in [-0.1, -0.05) is 0 Å². The molecule has 1 aliphatic heterocycles. The largest absolute Gasteiger partial charge is 0.462 e. The van der Waals surface area contributed by atoms with E-state index in [0.717, 1.165) is 63.1 Å². The molecule has 1 aromatic heterocycles. The lowest BCUT2D eigenvalue weighted by Crippen LogP contribution is -2.36. The first kappa shape index (κ1) is 22.3. The van der Waals surface area contributed by atoms with Crippen LogP contribution in [0.4, 0.5) is 10.7 Å². The summed E-state index contributed by atoms with van der Waals surface area (Å²) in [5, 5.41) is 12.6. The number of aryl methyl sites for hydroxylation is 1. The van der Waals surface area contributed by atoms with Crippen LogP contribution in [0.5, 0.6) is 0 Å². The number of rotatable bonds is 6. The van der Waals surface area contributed by atoms with E-state index in [9.17, 15) is 9.59 Å². The predicted molar refractivity (Wildman–Crippen MR) is 125 cm³/mol. The highest BCUT2D eigenvalue weighted by molar-refractivity contribution is 7.17. The van der Waals surface area contributed by atoms with Crippen molar-refractivity contribution in [2.75, 3.05) is 49.5 Å². The minimum absolute atomic E-state index is 0.0951. The second kappa shape index (κ2) is 10.2. The van der Waals surface area contributed by atoms with Crippen molar-refractivity contribution in [1.29, 1.82) is 5.26 Å². The molecule has 0 atom stereocenters. The Hall–Kier alpha value is -2.89. The van der Waals surface area contributed by atoms with Crippen LogP contribution in [-0.2, 0) is 22.4 Å². The SMILES string of the molecule is CCOC(=O)c1c(NC(=O)CN2CCCN(c3ccc(C#N)cc3)CC2)sc2c1CCC2. The highest BCUT2D eigenvalue weighted by Crippen LogP contribution is 2.39. The molecule has 2 heterocycles. The molecule has 0 radical (unpaired) electrons. The van der Waals surface area contributed by atoms with Crippen LogP contribution in [0.3, 0.4) is 0 Å². The second-order valence-corrected chi connectivity index (χ2v) is 9.21. The van der Waals surface area contributed by atoms with E-state index in [-0.39, 0.29) is 11.9 Å². The van der Waals surface area contributed by atoms with Gasteiger partial charge in [-0.15, -0.1) is 11.3 Å². The third kappa shape index (κ3) is 4.95. The number of nitriles is 1. The molecule has 7 nitrogen and oxygen atoms in total. The summed E-state index contributed by atoms with van der Waals surface area (Å²) in [5.74, 6) is -0.433. The Labute approximate surface area is 192 Å². The molecule has 1 N–H and O–H groups in total. The number of carbonyl (C=O) groups excluding carboxylic acids is 2. The van der Waals surface area contributed by atoms with Gasteiger partial charge in [0.15, 0.2) is 0 Å². The number of hydrogen-bond donors (Lipinski definition) is 1. The van der Waals surface area contributed by atoms with Crippen molar-refractivity contribution in [3.05, 3.63) is 45.8 Å². The van der Waals surface area contributed by atoms with Gasteiger partial charge in [0.05, 0.1) is 30.3 Å². The number of amides is 1. The Kier molecular flexibility index (Phi) is 7.08. The number of esters is 1. The number of hydrogen-bond acceptors (Lipinski definition) is 7. The fourth-order valence-electron chi connectivity index (χ4n) is 4.41. The van der Waals surface area contributed by atoms with E-state index in [1.807, 2.05) is 24.3 Å². The molecule has 1 saturated heterocycles. The molecule has 168 valence electrons. The van der Waals surface area contributed by atoms with Gasteiger partial charge in [0.25, 0.3) is 0 Å². The van der Waals surface area contributed by atoms with Crippen molar-refractivity contribution in [2.45, 2.75) is 32.6 Å². The van der Waals surface area contributed by atoms with Crippen LogP contribution in [0.2, 0.25) is 0 Å². The number of fused-ring (bicyclic) bond motifs is 1. The summed E-state index contributed by atoms with van der Waals surface area (Å²) in [6.45, 7) is 5.76. The van der Waals surface area contributed by atoms with Gasteiger partial charge in [-0.2, -0.15) is 5.26 Å². The first-order valence-corrected chi connectivity index (χ1v) is 12.0. The summed E-state index contributed by atoms with van der Waals surface area (Å²) in [5.41, 5.74) is 3.36. The standard InChI is InChI=1S/C24H28N4O3S/c1-2-31-24(30)22-19-5-3-6-20(19)32-23(22)26-21(29)16-27-11-4-12-28(14-13-27)18-9-7-17(15-25)8-10-18/h7-10H,2-6,11-14,16H2,1H3,(H,26,29). The number of nitrogens with one attached hydrogen (secondary N) is 1. The van der Waals surface area contributed by atoms with Gasteiger partial charge in [0.1, 0.15) is 5.00 Å². The predicted octanol–water partition coefficient (Wildman–Crippen LogP) is 3.44. The lowest BCUT2D eigenvalue weighted by atomic mass is 10.1. The lowest BCUT2D eigenvalue weighted by Gasteiger charge is -2.23. The van der Waals surface area contributed by atoms with Crippen molar-refractivity contribution < 1.29 is 14.3 Å². The smallest absolute Gasteiger partial charge is 0.341 e. The highest BCUT2D eigenvalue weighted by Gasteiger charge is 2.28. The average molecular weight is 453 g/mol. The first-order chi connectivity index (χ1) is 15.6. The lowest BCUT2D eigenvalue weighted by molar-refractivity contribution is -0.117. The molecular weight excluding hydrogens is 424 g/mol. The summed E-state index contributed by atoms with van der Waals surface area (Å²) in [4.78, 5) is 31.0. The van der Waals surface area contributed by atoms with Crippen molar-refractivity contribution in [2.24, 2.45) is 0 Å². The zero-order chi connectivity index (χ0) is 22.5. The molecule has 4 rings (SSSR count). The number of benzene rings is 1. The summed E-state index contributed by atoms with van der Waals surface area (Å²) >= 11 is 1.52. The Morgan fingerprint density at radius 2 is 1.94 bits per heavy atom. The number of carbonyl (C=O) groups is 2. The molecule has 8 heteroatoms. The fourth-order valence-corrected chi connectivity index (χ4v) is 5.71. The molecule has 0 spiro atoms. The fraction of sp³-hybridized carbons (Fsp3) is 0.458. The van der Waals surface area contributed by atoms with Crippen molar-refractivity contribution in [3.8, 4) is 6.07 Å². The van der Waals surface area contributed by atoms with Crippen LogP contribution in [0, 0.1) is 11.3 Å². The van der Waals surface area contributed by atoms with Crippen LogP contribution < -0.4 is 10.2 Å². The van der Waals surface area contributed by atoms with Gasteiger partial charge < -0.3 is 15.0 Å². The summed E-state index contributed by atoms with van der Waals surface area (Å²) in [6, 6.07) is 9.79. The third-order valence-corrected chi connectivity index (χ3v) is 7.18. The van der Waals surface area contributed by atoms with E-state index in [0.29, 0.717) is 29.3 Å². The first-order valence-electron chi connectivity index (χ1n) is 11.2. The van der Waals surface area contributed by atoms with Gasteiger partial charge >= 0.3 is 5.97 Å². The van der Waals surface area contributed by atoms with E-state index in [2.05, 4.69) is 21.2 Å². The summed E-state index contributed by atoms with van der Waals surface area (Å²) < 4.78 is 5.25. The van der Waals surface area contributed by atoms with Crippen LogP contribution >= 0.6 is 11.3 Å². The molecule has 1 aliphatic carbocycles. The Balaban J connectivity index is 1.37. The molecular formula is C24H28N4O3S. The van der Waals surface area contributed by atoms with Crippen LogP contribution in [0.1, 0.15) is 46.1 Å². The molecule has 1 aromatic carbocycles. The molecule has 1 amide bonds. The van der Waals surface area contributed by atoms with Gasteiger partial charge in [0, 0.05) is 36.7 Å². The number of ether oxygens (including phenoxy) is 1. The van der Waals surface area contributed by atoms with Crippen LogP contribution in [0.25, 0.3) is 0 Å². The maximum Gasteiger partial charge on any atom is 0.341 e.